The van der Waals surface area contributed by atoms with Gasteiger partial charge in [-0.2, -0.15) is 15.3 Å². The number of fused-ring (bicyclic) bond motifs is 1. The molecule has 9 nitrogen and oxygen atoms in total. The van der Waals surface area contributed by atoms with Crippen LogP contribution in [-0.4, -0.2) is 58.4 Å². The van der Waals surface area contributed by atoms with Gasteiger partial charge >= 0.3 is 0 Å². The number of aromatic amines is 1. The molecule has 0 saturated carbocycles. The largest absolute Gasteiger partial charge is 0.367 e. The molecule has 2 heterocycles. The van der Waals surface area contributed by atoms with Crippen LogP contribution in [0.25, 0.3) is 11.2 Å². The number of sulfonamides is 1. The van der Waals surface area contributed by atoms with E-state index in [0.717, 1.165) is 0 Å². The molecule has 0 amide bonds. The molecule has 0 spiro atoms. The Morgan fingerprint density at radius 2 is 2.05 bits per heavy atom. The second-order valence-electron chi connectivity index (χ2n) is 4.57. The zero-order valence-electron chi connectivity index (χ0n) is 11.9. The number of H-pyrrole nitrogens is 1. The summed E-state index contributed by atoms with van der Waals surface area (Å²) in [7, 11) is -3.31. The van der Waals surface area contributed by atoms with Gasteiger partial charge < -0.3 is 5.32 Å². The van der Waals surface area contributed by atoms with Crippen molar-refractivity contribution in [3.05, 3.63) is 0 Å². The molecule has 0 atom stereocenters. The molecule has 0 bridgehead atoms. The van der Waals surface area contributed by atoms with Crippen LogP contribution in [0.3, 0.4) is 0 Å². The van der Waals surface area contributed by atoms with Crippen molar-refractivity contribution >= 4 is 38.8 Å². The van der Waals surface area contributed by atoms with Gasteiger partial charge in [0.25, 0.3) is 0 Å². The normalized spacial score (nSPS) is 12.2. The molecule has 0 saturated heterocycles. The third-order valence-electron chi connectivity index (χ3n) is 2.42. The van der Waals surface area contributed by atoms with Crippen molar-refractivity contribution in [3.8, 4) is 0 Å². The lowest BCUT2D eigenvalue weighted by atomic mass is 10.4. The first-order chi connectivity index (χ1) is 9.91. The highest BCUT2D eigenvalue weighted by Crippen LogP contribution is 2.19. The fourth-order valence-corrected chi connectivity index (χ4v) is 3.23. The number of hydrogen-bond acceptors (Lipinski definition) is 8. The maximum Gasteiger partial charge on any atom is 0.213 e. The average molecular weight is 331 g/mol. The van der Waals surface area contributed by atoms with E-state index < -0.39 is 10.0 Å². The van der Waals surface area contributed by atoms with Crippen LogP contribution in [0.15, 0.2) is 5.16 Å². The number of anilines is 1. The lowest BCUT2D eigenvalue weighted by Gasteiger charge is -2.10. The maximum atomic E-state index is 11.7. The molecule has 0 aromatic carbocycles. The fraction of sp³-hybridized carbons (Fsp3) is 0.600. The molecule has 0 radical (unpaired) electrons. The van der Waals surface area contributed by atoms with E-state index in [2.05, 4.69) is 35.4 Å². The Labute approximate surface area is 126 Å². The van der Waals surface area contributed by atoms with Crippen LogP contribution in [0, 0.1) is 0 Å². The van der Waals surface area contributed by atoms with Crippen molar-refractivity contribution in [1.29, 1.82) is 0 Å². The molecule has 2 aromatic heterocycles. The first kappa shape index (κ1) is 15.9. The van der Waals surface area contributed by atoms with E-state index >= 15 is 0 Å². The van der Waals surface area contributed by atoms with E-state index in [9.17, 15) is 8.42 Å². The van der Waals surface area contributed by atoms with Crippen LogP contribution in [-0.2, 0) is 10.0 Å². The van der Waals surface area contributed by atoms with Crippen LogP contribution >= 0.6 is 11.8 Å². The molecule has 116 valence electrons. The molecular formula is C10H17N7O2S2. The van der Waals surface area contributed by atoms with Crippen molar-refractivity contribution in [2.75, 3.05) is 23.9 Å². The summed E-state index contributed by atoms with van der Waals surface area (Å²) in [6.45, 7) is 3.77. The smallest absolute Gasteiger partial charge is 0.213 e. The Bertz CT molecular complexity index is 713. The molecule has 0 unspecified atom stereocenters. The third kappa shape index (κ3) is 4.25. The van der Waals surface area contributed by atoms with Gasteiger partial charge in [-0.1, -0.05) is 11.8 Å². The minimum absolute atomic E-state index is 0.0525. The number of thioether (sulfide) groups is 1. The van der Waals surface area contributed by atoms with Crippen molar-refractivity contribution in [2.24, 2.45) is 0 Å². The number of nitrogens with zero attached hydrogens (tertiary/aromatic N) is 4. The van der Waals surface area contributed by atoms with Gasteiger partial charge in [-0.25, -0.2) is 18.1 Å². The quantitative estimate of drug-likeness (QED) is 0.485. The van der Waals surface area contributed by atoms with E-state index in [0.29, 0.717) is 22.1 Å². The Balaban J connectivity index is 2.08. The van der Waals surface area contributed by atoms with E-state index in [4.69, 9.17) is 0 Å². The van der Waals surface area contributed by atoms with Gasteiger partial charge in [0.1, 0.15) is 0 Å². The summed E-state index contributed by atoms with van der Waals surface area (Å²) < 4.78 is 26.0. The molecule has 0 aliphatic rings. The fourth-order valence-electron chi connectivity index (χ4n) is 1.66. The molecule has 21 heavy (non-hydrogen) atoms. The number of nitrogens with one attached hydrogen (secondary N) is 3. The van der Waals surface area contributed by atoms with E-state index in [1.807, 2.05) is 6.26 Å². The molecule has 0 aliphatic heterocycles. The summed E-state index contributed by atoms with van der Waals surface area (Å²) in [5.41, 5.74) is 0.932. The van der Waals surface area contributed by atoms with Crippen molar-refractivity contribution < 1.29 is 8.42 Å². The SMILES string of the molecule is CSc1nc(NCCS(=O)(=O)NC(C)C)c2n[nH]nc2n1. The summed E-state index contributed by atoms with van der Waals surface area (Å²) in [5.74, 6) is 0.418. The van der Waals surface area contributed by atoms with Crippen LogP contribution < -0.4 is 10.0 Å². The van der Waals surface area contributed by atoms with Crippen LogP contribution in [0.5, 0.6) is 0 Å². The van der Waals surface area contributed by atoms with Gasteiger partial charge in [0.05, 0.1) is 5.75 Å². The zero-order valence-corrected chi connectivity index (χ0v) is 13.5. The van der Waals surface area contributed by atoms with Crippen LogP contribution in [0.1, 0.15) is 13.8 Å². The standard InChI is InChI=1S/C10H17N7O2S2/c1-6(2)16-21(18,19)5-4-11-8-7-9(15-17-14-7)13-10(12-8)20-3/h6,16H,4-5H2,1-3H3,(H2,11,12,13,14,15,17). The molecule has 11 heteroatoms. The second-order valence-corrected chi connectivity index (χ2v) is 7.22. The monoisotopic (exact) mass is 331 g/mol. The highest BCUT2D eigenvalue weighted by molar-refractivity contribution is 7.98. The highest BCUT2D eigenvalue weighted by atomic mass is 32.2. The Hall–Kier alpha value is -1.46. The summed E-state index contributed by atoms with van der Waals surface area (Å²) in [6.07, 6.45) is 1.85. The number of hydrogen-bond donors (Lipinski definition) is 3. The molecule has 3 N–H and O–H groups in total. The summed E-state index contributed by atoms with van der Waals surface area (Å²) >= 11 is 1.37. The maximum absolute atomic E-state index is 11.7. The van der Waals surface area contributed by atoms with Crippen molar-refractivity contribution in [2.45, 2.75) is 25.0 Å². The van der Waals surface area contributed by atoms with E-state index in [-0.39, 0.29) is 18.3 Å². The predicted molar refractivity (Wildman–Crippen MR) is 81.8 cm³/mol. The van der Waals surface area contributed by atoms with Gasteiger partial charge in [-0.15, -0.1) is 5.10 Å². The summed E-state index contributed by atoms with van der Waals surface area (Å²) in [5, 5.41) is 13.9. The minimum Gasteiger partial charge on any atom is -0.367 e. The van der Waals surface area contributed by atoms with Gasteiger partial charge in [-0.05, 0) is 20.1 Å². The van der Waals surface area contributed by atoms with Gasteiger partial charge in [0, 0.05) is 12.6 Å². The summed E-state index contributed by atoms with van der Waals surface area (Å²) in [6, 6.07) is -0.126. The first-order valence-electron chi connectivity index (χ1n) is 6.27. The topological polar surface area (TPSA) is 126 Å². The lowest BCUT2D eigenvalue weighted by molar-refractivity contribution is 0.570. The van der Waals surface area contributed by atoms with Gasteiger partial charge in [-0.3, -0.25) is 0 Å². The highest BCUT2D eigenvalue weighted by Gasteiger charge is 2.14. The van der Waals surface area contributed by atoms with Gasteiger partial charge in [0.2, 0.25) is 15.7 Å². The molecule has 0 fully saturated rings. The number of rotatable bonds is 7. The molecule has 0 aliphatic carbocycles. The average Bonchev–Trinajstić information content (AvgIpc) is 2.84. The van der Waals surface area contributed by atoms with E-state index in [1.165, 1.54) is 11.8 Å². The Morgan fingerprint density at radius 3 is 2.71 bits per heavy atom. The Morgan fingerprint density at radius 1 is 1.29 bits per heavy atom. The molecule has 2 aromatic rings. The lowest BCUT2D eigenvalue weighted by Crippen LogP contribution is -2.34. The summed E-state index contributed by atoms with van der Waals surface area (Å²) in [4.78, 5) is 8.46. The third-order valence-corrected chi connectivity index (χ3v) is 4.54. The predicted octanol–water partition coefficient (Wildman–Crippen LogP) is 0.210. The van der Waals surface area contributed by atoms with Crippen LogP contribution in [0.4, 0.5) is 5.82 Å². The first-order valence-corrected chi connectivity index (χ1v) is 9.15. The van der Waals surface area contributed by atoms with Crippen LogP contribution in [0.2, 0.25) is 0 Å². The second kappa shape index (κ2) is 6.54. The van der Waals surface area contributed by atoms with Crippen molar-refractivity contribution in [1.82, 2.24) is 30.1 Å². The minimum atomic E-state index is -3.31. The zero-order chi connectivity index (χ0) is 15.5. The Kier molecular flexibility index (Phi) is 4.96. The van der Waals surface area contributed by atoms with Crippen molar-refractivity contribution in [3.63, 3.8) is 0 Å². The van der Waals surface area contributed by atoms with Gasteiger partial charge in [0.15, 0.2) is 16.5 Å². The molecular weight excluding hydrogens is 314 g/mol. The number of aromatic nitrogens is 5. The van der Waals surface area contributed by atoms with E-state index in [1.54, 1.807) is 13.8 Å². The molecule has 2 rings (SSSR count).